The first-order valence-corrected chi connectivity index (χ1v) is 7.46. The molecule has 0 N–H and O–H groups in total. The van der Waals surface area contributed by atoms with Crippen molar-refractivity contribution in [2.45, 2.75) is 52.2 Å². The summed E-state index contributed by atoms with van der Waals surface area (Å²) in [6.07, 6.45) is 6.45. The van der Waals surface area contributed by atoms with E-state index in [2.05, 4.69) is 11.9 Å². The largest absolute Gasteiger partial charge is 0.492 e. The van der Waals surface area contributed by atoms with Gasteiger partial charge in [-0.1, -0.05) is 19.0 Å². The first-order valence-electron chi connectivity index (χ1n) is 7.46. The van der Waals surface area contributed by atoms with Crippen LogP contribution in [0.3, 0.4) is 0 Å². The van der Waals surface area contributed by atoms with Gasteiger partial charge in [-0.2, -0.15) is 0 Å². The molecule has 0 spiro atoms. The molecule has 114 valence electrons. The van der Waals surface area contributed by atoms with Gasteiger partial charge in [0.05, 0.1) is 24.0 Å². The van der Waals surface area contributed by atoms with Gasteiger partial charge in [0.1, 0.15) is 5.75 Å². The SMILES string of the molecule is CCCOc1cncc(/C=C/B2OC(C)(C)C(C)(C)O2)c1. The molecule has 1 aromatic heterocycles. The summed E-state index contributed by atoms with van der Waals surface area (Å²) in [7, 11) is -0.338. The fraction of sp³-hybridized carbons (Fsp3) is 0.562. The molecule has 0 amide bonds. The smallest absolute Gasteiger partial charge is 0.487 e. The summed E-state index contributed by atoms with van der Waals surface area (Å²) >= 11 is 0. The zero-order valence-corrected chi connectivity index (χ0v) is 13.6. The number of pyridine rings is 1. The Labute approximate surface area is 127 Å². The summed E-state index contributed by atoms with van der Waals surface area (Å²) in [5.41, 5.74) is 0.344. The highest BCUT2D eigenvalue weighted by Crippen LogP contribution is 2.37. The molecule has 5 heteroatoms. The van der Waals surface area contributed by atoms with E-state index < -0.39 is 0 Å². The van der Waals surface area contributed by atoms with Crippen LogP contribution in [0.15, 0.2) is 24.4 Å². The zero-order chi connectivity index (χ0) is 15.5. The third-order valence-corrected chi connectivity index (χ3v) is 3.92. The minimum atomic E-state index is -0.338. The molecule has 0 unspecified atom stereocenters. The lowest BCUT2D eigenvalue weighted by molar-refractivity contribution is 0.00578. The highest BCUT2D eigenvalue weighted by atomic mass is 16.7. The molecule has 0 bridgehead atoms. The molecule has 21 heavy (non-hydrogen) atoms. The van der Waals surface area contributed by atoms with E-state index in [9.17, 15) is 0 Å². The van der Waals surface area contributed by atoms with Crippen molar-refractivity contribution in [2.75, 3.05) is 6.61 Å². The molecule has 0 saturated carbocycles. The highest BCUT2D eigenvalue weighted by Gasteiger charge is 2.49. The molecular weight excluding hydrogens is 265 g/mol. The molecule has 1 saturated heterocycles. The molecule has 0 aliphatic carbocycles. The minimum Gasteiger partial charge on any atom is -0.492 e. The highest BCUT2D eigenvalue weighted by molar-refractivity contribution is 6.52. The molecule has 0 radical (unpaired) electrons. The molecule has 1 aliphatic rings. The molecule has 1 aliphatic heterocycles. The van der Waals surface area contributed by atoms with Gasteiger partial charge in [0.25, 0.3) is 0 Å². The van der Waals surface area contributed by atoms with Crippen molar-refractivity contribution in [2.24, 2.45) is 0 Å². The predicted molar refractivity (Wildman–Crippen MR) is 85.1 cm³/mol. The third kappa shape index (κ3) is 3.86. The summed E-state index contributed by atoms with van der Waals surface area (Å²) in [6.45, 7) is 11.0. The fourth-order valence-electron chi connectivity index (χ4n) is 1.98. The summed E-state index contributed by atoms with van der Waals surface area (Å²) in [4.78, 5) is 4.18. The fourth-order valence-corrected chi connectivity index (χ4v) is 1.98. The summed E-state index contributed by atoms with van der Waals surface area (Å²) in [5, 5.41) is 0. The van der Waals surface area contributed by atoms with Gasteiger partial charge >= 0.3 is 7.12 Å². The molecular formula is C16H24BNO3. The van der Waals surface area contributed by atoms with Crippen molar-refractivity contribution in [3.05, 3.63) is 30.0 Å². The second-order valence-corrected chi connectivity index (χ2v) is 6.29. The van der Waals surface area contributed by atoms with Gasteiger partial charge in [0, 0.05) is 6.20 Å². The van der Waals surface area contributed by atoms with Crippen molar-refractivity contribution >= 4 is 13.2 Å². The number of hydrogen-bond acceptors (Lipinski definition) is 4. The lowest BCUT2D eigenvalue weighted by atomic mass is 9.89. The Kier molecular flexibility index (Phi) is 4.74. The van der Waals surface area contributed by atoms with Crippen LogP contribution in [0.25, 0.3) is 6.08 Å². The zero-order valence-electron chi connectivity index (χ0n) is 13.6. The molecule has 0 atom stereocenters. The first kappa shape index (κ1) is 16.1. The summed E-state index contributed by atoms with van der Waals surface area (Å²) in [5.74, 6) is 2.70. The average Bonchev–Trinajstić information content (AvgIpc) is 2.63. The number of hydrogen-bond donors (Lipinski definition) is 0. The Morgan fingerprint density at radius 1 is 1.19 bits per heavy atom. The van der Waals surface area contributed by atoms with Crippen LogP contribution in [0.5, 0.6) is 5.75 Å². The Morgan fingerprint density at radius 3 is 2.48 bits per heavy atom. The van der Waals surface area contributed by atoms with Crippen molar-refractivity contribution in [3.8, 4) is 5.75 Å². The maximum absolute atomic E-state index is 5.92. The van der Waals surface area contributed by atoms with Gasteiger partial charge in [-0.3, -0.25) is 4.98 Å². The Balaban J connectivity index is 2.02. The predicted octanol–water partition coefficient (Wildman–Crippen LogP) is 3.52. The maximum atomic E-state index is 5.92. The average molecular weight is 289 g/mol. The summed E-state index contributed by atoms with van der Waals surface area (Å²) < 4.78 is 17.4. The molecule has 2 heterocycles. The van der Waals surface area contributed by atoms with Crippen LogP contribution in [-0.4, -0.2) is 29.9 Å². The van der Waals surface area contributed by atoms with Crippen LogP contribution in [0.4, 0.5) is 0 Å². The van der Waals surface area contributed by atoms with Gasteiger partial charge in [-0.25, -0.2) is 0 Å². The van der Waals surface area contributed by atoms with E-state index in [1.165, 1.54) is 0 Å². The quantitative estimate of drug-likeness (QED) is 0.778. The number of aromatic nitrogens is 1. The number of rotatable bonds is 5. The minimum absolute atomic E-state index is 0.313. The first-order chi connectivity index (χ1) is 9.84. The van der Waals surface area contributed by atoms with Crippen molar-refractivity contribution < 1.29 is 14.0 Å². The van der Waals surface area contributed by atoms with Crippen molar-refractivity contribution in [1.29, 1.82) is 0 Å². The van der Waals surface area contributed by atoms with E-state index in [0.717, 1.165) is 17.7 Å². The van der Waals surface area contributed by atoms with Crippen LogP contribution in [0, 0.1) is 0 Å². The second kappa shape index (κ2) is 6.20. The van der Waals surface area contributed by atoms with Crippen LogP contribution >= 0.6 is 0 Å². The lowest BCUT2D eigenvalue weighted by Gasteiger charge is -2.32. The molecule has 0 aromatic carbocycles. The Morgan fingerprint density at radius 2 is 1.86 bits per heavy atom. The Hall–Kier alpha value is -1.33. The van der Waals surface area contributed by atoms with Crippen LogP contribution in [-0.2, 0) is 9.31 Å². The third-order valence-electron chi connectivity index (χ3n) is 3.92. The van der Waals surface area contributed by atoms with Gasteiger partial charge < -0.3 is 14.0 Å². The number of nitrogens with zero attached hydrogens (tertiary/aromatic N) is 1. The van der Waals surface area contributed by atoms with Crippen molar-refractivity contribution in [1.82, 2.24) is 4.98 Å². The molecule has 2 rings (SSSR count). The standard InChI is InChI=1S/C16H24BNO3/c1-6-9-19-14-10-13(11-18-12-14)7-8-17-20-15(2,3)16(4,5)21-17/h7-8,10-12H,6,9H2,1-5H3/b8-7+. The number of ether oxygens (including phenoxy) is 1. The van der Waals surface area contributed by atoms with Gasteiger partial charge in [0.15, 0.2) is 0 Å². The van der Waals surface area contributed by atoms with E-state index in [4.69, 9.17) is 14.0 Å². The monoisotopic (exact) mass is 289 g/mol. The molecule has 1 aromatic rings. The van der Waals surface area contributed by atoms with Gasteiger partial charge in [-0.05, 0) is 45.7 Å². The molecule has 1 fully saturated rings. The van der Waals surface area contributed by atoms with E-state index in [1.807, 2.05) is 45.8 Å². The van der Waals surface area contributed by atoms with Crippen LogP contribution in [0.2, 0.25) is 0 Å². The Bertz CT molecular complexity index is 498. The van der Waals surface area contributed by atoms with Crippen LogP contribution < -0.4 is 4.74 Å². The van der Waals surface area contributed by atoms with E-state index >= 15 is 0 Å². The maximum Gasteiger partial charge on any atom is 0.487 e. The van der Waals surface area contributed by atoms with Crippen LogP contribution in [0.1, 0.15) is 46.6 Å². The van der Waals surface area contributed by atoms with E-state index in [0.29, 0.717) is 6.61 Å². The normalized spacial score (nSPS) is 20.1. The summed E-state index contributed by atoms with van der Waals surface area (Å²) in [6, 6.07) is 1.96. The topological polar surface area (TPSA) is 40.6 Å². The lowest BCUT2D eigenvalue weighted by Crippen LogP contribution is -2.41. The van der Waals surface area contributed by atoms with Gasteiger partial charge in [0.2, 0.25) is 0 Å². The van der Waals surface area contributed by atoms with Gasteiger partial charge in [-0.15, -0.1) is 0 Å². The van der Waals surface area contributed by atoms with E-state index in [1.54, 1.807) is 12.4 Å². The van der Waals surface area contributed by atoms with Crippen molar-refractivity contribution in [3.63, 3.8) is 0 Å². The van der Waals surface area contributed by atoms with E-state index in [-0.39, 0.29) is 18.3 Å². The molecule has 4 nitrogen and oxygen atoms in total. The second-order valence-electron chi connectivity index (χ2n) is 6.29.